The molecule has 0 unspecified atom stereocenters. The van der Waals surface area contributed by atoms with Crippen LogP contribution in [0, 0.1) is 0 Å². The van der Waals surface area contributed by atoms with E-state index in [1.165, 1.54) is 0 Å². The summed E-state index contributed by atoms with van der Waals surface area (Å²) >= 11 is 0. The van der Waals surface area contributed by atoms with E-state index in [2.05, 4.69) is 9.47 Å². The van der Waals surface area contributed by atoms with E-state index in [4.69, 9.17) is 13.6 Å². The Labute approximate surface area is 105 Å². The maximum Gasteiger partial charge on any atom is 0.476 e. The van der Waals surface area contributed by atoms with Gasteiger partial charge in [-0.05, 0) is 13.8 Å². The fourth-order valence-electron chi connectivity index (χ4n) is 0.940. The molecule has 0 aromatic carbocycles. The molecule has 0 aliphatic rings. The van der Waals surface area contributed by atoms with Crippen molar-refractivity contribution in [2.24, 2.45) is 0 Å². The Hall–Kier alpha value is -0.950. The van der Waals surface area contributed by atoms with E-state index in [9.17, 15) is 14.2 Å². The molecule has 0 amide bonds. The molecule has 9 heteroatoms. The number of phosphoric ester groups is 1. The highest BCUT2D eigenvalue weighted by Gasteiger charge is 2.39. The molecule has 0 atom stereocenters. The van der Waals surface area contributed by atoms with Gasteiger partial charge >= 0.3 is 19.8 Å². The van der Waals surface area contributed by atoms with Gasteiger partial charge in [-0.15, -0.1) is 0 Å². The van der Waals surface area contributed by atoms with Crippen LogP contribution in [0.1, 0.15) is 13.8 Å². The molecule has 0 rings (SSSR count). The quantitative estimate of drug-likeness (QED) is 0.368. The molecular weight excluding hydrogens is 267 g/mol. The van der Waals surface area contributed by atoms with Gasteiger partial charge in [-0.25, -0.2) is 14.2 Å². The molecule has 0 aromatic heterocycles. The molecule has 0 N–H and O–H groups in total. The Kier molecular flexibility index (Phi) is 7.77. The van der Waals surface area contributed by atoms with Gasteiger partial charge in [0.1, 0.15) is 0 Å². The number of ether oxygens (including phenoxy) is 2. The standard InChI is InChI=1S/C9H17O8P/c1-5-15-18(12,16-6-2)17-7(8(10)13-3)9(11)14-4/h7H,5-6H2,1-4H3. The summed E-state index contributed by atoms with van der Waals surface area (Å²) in [5.74, 6) is -2.11. The van der Waals surface area contributed by atoms with E-state index < -0.39 is 25.9 Å². The first-order chi connectivity index (χ1) is 8.44. The Morgan fingerprint density at radius 1 is 1.00 bits per heavy atom. The number of rotatable bonds is 8. The van der Waals surface area contributed by atoms with Crippen LogP contribution in [0.25, 0.3) is 0 Å². The molecule has 18 heavy (non-hydrogen) atoms. The largest absolute Gasteiger partial charge is 0.476 e. The van der Waals surface area contributed by atoms with E-state index in [-0.39, 0.29) is 13.2 Å². The van der Waals surface area contributed by atoms with Gasteiger partial charge in [-0.2, -0.15) is 0 Å². The third kappa shape index (κ3) is 5.14. The first-order valence-corrected chi connectivity index (χ1v) is 6.63. The van der Waals surface area contributed by atoms with Crippen LogP contribution >= 0.6 is 7.82 Å². The van der Waals surface area contributed by atoms with Gasteiger partial charge in [0.2, 0.25) is 0 Å². The number of phosphoric acid groups is 1. The second-order valence-corrected chi connectivity index (χ2v) is 4.44. The van der Waals surface area contributed by atoms with Crippen molar-refractivity contribution in [3.63, 3.8) is 0 Å². The first-order valence-electron chi connectivity index (χ1n) is 5.17. The van der Waals surface area contributed by atoms with Crippen LogP contribution < -0.4 is 0 Å². The summed E-state index contributed by atoms with van der Waals surface area (Å²) in [6, 6.07) is 0. The summed E-state index contributed by atoms with van der Waals surface area (Å²) in [5.41, 5.74) is 0. The average molecular weight is 284 g/mol. The number of esters is 2. The molecule has 0 saturated heterocycles. The van der Waals surface area contributed by atoms with Crippen molar-refractivity contribution in [1.82, 2.24) is 0 Å². The van der Waals surface area contributed by atoms with E-state index in [1.807, 2.05) is 0 Å². The normalized spacial score (nSPS) is 11.4. The highest BCUT2D eigenvalue weighted by molar-refractivity contribution is 7.48. The van der Waals surface area contributed by atoms with Crippen LogP contribution in [0.5, 0.6) is 0 Å². The van der Waals surface area contributed by atoms with Crippen LogP contribution in [0.4, 0.5) is 0 Å². The molecule has 0 aromatic rings. The summed E-state index contributed by atoms with van der Waals surface area (Å²) in [5, 5.41) is 0. The third-order valence-corrected chi connectivity index (χ3v) is 3.26. The van der Waals surface area contributed by atoms with E-state index in [0.29, 0.717) is 0 Å². The lowest BCUT2D eigenvalue weighted by Crippen LogP contribution is -2.34. The fraction of sp³-hybridized carbons (Fsp3) is 0.778. The van der Waals surface area contributed by atoms with Crippen molar-refractivity contribution in [3.8, 4) is 0 Å². The minimum absolute atomic E-state index is 0.0202. The summed E-state index contributed by atoms with van der Waals surface area (Å²) < 4.78 is 35.0. The predicted octanol–water partition coefficient (Wildman–Crippen LogP) is 0.899. The third-order valence-electron chi connectivity index (χ3n) is 1.64. The summed E-state index contributed by atoms with van der Waals surface area (Å²) in [6.45, 7) is 3.15. The number of hydrogen-bond acceptors (Lipinski definition) is 8. The number of methoxy groups -OCH3 is 2. The highest BCUT2D eigenvalue weighted by atomic mass is 31.2. The molecule has 106 valence electrons. The highest BCUT2D eigenvalue weighted by Crippen LogP contribution is 2.50. The zero-order valence-electron chi connectivity index (χ0n) is 10.7. The lowest BCUT2D eigenvalue weighted by molar-refractivity contribution is -0.164. The second kappa shape index (κ2) is 8.20. The van der Waals surface area contributed by atoms with Gasteiger partial charge in [0, 0.05) is 0 Å². The SMILES string of the molecule is CCOP(=O)(OCC)OC(C(=O)OC)C(=O)OC. The van der Waals surface area contributed by atoms with Crippen molar-refractivity contribution < 1.29 is 37.2 Å². The summed E-state index contributed by atoms with van der Waals surface area (Å²) in [6.07, 6.45) is -1.82. The van der Waals surface area contributed by atoms with Crippen LogP contribution in [0.2, 0.25) is 0 Å². The van der Waals surface area contributed by atoms with E-state index in [1.54, 1.807) is 13.8 Å². The molecule has 0 bridgehead atoms. The Bertz CT molecular complexity index is 303. The van der Waals surface area contributed by atoms with Crippen molar-refractivity contribution in [3.05, 3.63) is 0 Å². The van der Waals surface area contributed by atoms with Gasteiger partial charge < -0.3 is 9.47 Å². The molecule has 0 spiro atoms. The molecule has 8 nitrogen and oxygen atoms in total. The molecular formula is C9H17O8P. The number of hydrogen-bond donors (Lipinski definition) is 0. The molecule has 0 aliphatic heterocycles. The summed E-state index contributed by atoms with van der Waals surface area (Å²) in [4.78, 5) is 22.6. The minimum atomic E-state index is -4.01. The van der Waals surface area contributed by atoms with Crippen LogP contribution in [-0.2, 0) is 37.2 Å². The number of carbonyl (C=O) groups is 2. The first kappa shape index (κ1) is 17.1. The van der Waals surface area contributed by atoms with Gasteiger partial charge in [-0.3, -0.25) is 13.6 Å². The van der Waals surface area contributed by atoms with Gasteiger partial charge in [0.15, 0.2) is 0 Å². The topological polar surface area (TPSA) is 97.4 Å². The summed E-state index contributed by atoms with van der Waals surface area (Å²) in [7, 11) is -1.91. The van der Waals surface area contributed by atoms with E-state index in [0.717, 1.165) is 14.2 Å². The fourth-order valence-corrected chi connectivity index (χ4v) is 2.20. The molecule has 0 heterocycles. The molecule has 0 fully saturated rings. The Morgan fingerprint density at radius 3 is 1.67 bits per heavy atom. The van der Waals surface area contributed by atoms with Crippen LogP contribution in [0.3, 0.4) is 0 Å². The lowest BCUT2D eigenvalue weighted by atomic mass is 10.4. The molecule has 0 aliphatic carbocycles. The van der Waals surface area contributed by atoms with Gasteiger partial charge in [-0.1, -0.05) is 0 Å². The molecule has 0 saturated carbocycles. The monoisotopic (exact) mass is 284 g/mol. The lowest BCUT2D eigenvalue weighted by Gasteiger charge is -2.20. The Morgan fingerprint density at radius 2 is 1.39 bits per heavy atom. The minimum Gasteiger partial charge on any atom is -0.467 e. The van der Waals surface area contributed by atoms with Crippen molar-refractivity contribution in [2.75, 3.05) is 27.4 Å². The second-order valence-electron chi connectivity index (χ2n) is 2.81. The predicted molar refractivity (Wildman–Crippen MR) is 59.8 cm³/mol. The van der Waals surface area contributed by atoms with Crippen molar-refractivity contribution in [2.45, 2.75) is 20.0 Å². The maximum absolute atomic E-state index is 12.0. The van der Waals surface area contributed by atoms with Crippen molar-refractivity contribution in [1.29, 1.82) is 0 Å². The average Bonchev–Trinajstić information content (AvgIpc) is 2.34. The zero-order valence-corrected chi connectivity index (χ0v) is 11.6. The van der Waals surface area contributed by atoms with Gasteiger partial charge in [0.25, 0.3) is 6.10 Å². The number of carbonyl (C=O) groups excluding carboxylic acids is 2. The smallest absolute Gasteiger partial charge is 0.467 e. The van der Waals surface area contributed by atoms with Crippen LogP contribution in [-0.4, -0.2) is 45.5 Å². The maximum atomic E-state index is 12.0. The van der Waals surface area contributed by atoms with Crippen molar-refractivity contribution >= 4 is 19.8 Å². The van der Waals surface area contributed by atoms with E-state index >= 15 is 0 Å². The zero-order chi connectivity index (χ0) is 14.2. The van der Waals surface area contributed by atoms with Crippen LogP contribution in [0.15, 0.2) is 0 Å². The Balaban J connectivity index is 4.97. The van der Waals surface area contributed by atoms with Gasteiger partial charge in [0.05, 0.1) is 27.4 Å². The molecule has 0 radical (unpaired) electrons.